The van der Waals surface area contributed by atoms with Gasteiger partial charge in [-0.1, -0.05) is 18.2 Å². The largest absolute Gasteiger partial charge is 0.469 e. The van der Waals surface area contributed by atoms with Gasteiger partial charge in [0.05, 0.1) is 19.6 Å². The maximum absolute atomic E-state index is 12.3. The molecule has 94 valence electrons. The van der Waals surface area contributed by atoms with E-state index in [1.54, 1.807) is 0 Å². The second-order valence-corrected chi connectivity index (χ2v) is 4.83. The van der Waals surface area contributed by atoms with Gasteiger partial charge in [0.1, 0.15) is 0 Å². The molecule has 4 nitrogen and oxygen atoms in total. The van der Waals surface area contributed by atoms with Crippen LogP contribution < -0.4 is 0 Å². The van der Waals surface area contributed by atoms with Crippen molar-refractivity contribution >= 4 is 11.9 Å². The molecule has 1 fully saturated rings. The van der Waals surface area contributed by atoms with Crippen LogP contribution >= 0.6 is 0 Å². The lowest BCUT2D eigenvalue weighted by Crippen LogP contribution is -2.31. The maximum atomic E-state index is 12.3. The summed E-state index contributed by atoms with van der Waals surface area (Å²) in [6.07, 6.45) is 2.32. The van der Waals surface area contributed by atoms with Crippen LogP contribution in [0.5, 0.6) is 0 Å². The lowest BCUT2D eigenvalue weighted by molar-refractivity contribution is -0.141. The highest BCUT2D eigenvalue weighted by Gasteiger charge is 2.45. The number of benzene rings is 1. The number of ether oxygens (including phenoxy) is 1. The first-order valence-corrected chi connectivity index (χ1v) is 6.20. The number of fused-ring (bicyclic) bond motifs is 1. The Kier molecular flexibility index (Phi) is 2.58. The molecule has 1 aromatic rings. The van der Waals surface area contributed by atoms with Crippen LogP contribution in [0.1, 0.15) is 41.2 Å². The van der Waals surface area contributed by atoms with Gasteiger partial charge >= 0.3 is 5.97 Å². The average Bonchev–Trinajstić information content (AvgIpc) is 3.18. The van der Waals surface area contributed by atoms with Gasteiger partial charge in [-0.3, -0.25) is 9.59 Å². The Labute approximate surface area is 106 Å². The van der Waals surface area contributed by atoms with E-state index in [2.05, 4.69) is 0 Å². The first-order valence-electron chi connectivity index (χ1n) is 6.20. The number of methoxy groups -OCH3 is 1. The number of carbonyl (C=O) groups excluding carboxylic acids is 2. The lowest BCUT2D eigenvalue weighted by Gasteiger charge is -2.24. The summed E-state index contributed by atoms with van der Waals surface area (Å²) in [7, 11) is 1.38. The third-order valence-corrected chi connectivity index (χ3v) is 3.65. The van der Waals surface area contributed by atoms with Crippen molar-refractivity contribution in [1.82, 2.24) is 4.90 Å². The molecule has 1 atom stereocenters. The number of rotatable bonds is 3. The van der Waals surface area contributed by atoms with Crippen LogP contribution in [0.4, 0.5) is 0 Å². The minimum absolute atomic E-state index is 0.0574. The van der Waals surface area contributed by atoms with E-state index in [1.807, 2.05) is 29.2 Å². The third-order valence-electron chi connectivity index (χ3n) is 3.65. The van der Waals surface area contributed by atoms with Gasteiger partial charge in [-0.2, -0.15) is 0 Å². The van der Waals surface area contributed by atoms with Gasteiger partial charge in [-0.15, -0.1) is 0 Å². The van der Waals surface area contributed by atoms with Crippen LogP contribution in [0.25, 0.3) is 0 Å². The molecule has 0 aromatic heterocycles. The highest BCUT2D eigenvalue weighted by atomic mass is 16.5. The molecular weight excluding hydrogens is 230 g/mol. The van der Waals surface area contributed by atoms with Crippen LogP contribution in [-0.4, -0.2) is 29.9 Å². The minimum Gasteiger partial charge on any atom is -0.469 e. The SMILES string of the molecule is COC(=O)CC1c2ccccc2C(=O)N1C1CC1. The number of carbonyl (C=O) groups is 2. The molecule has 18 heavy (non-hydrogen) atoms. The quantitative estimate of drug-likeness (QED) is 0.764. The summed E-state index contributed by atoms with van der Waals surface area (Å²) in [5.74, 6) is -0.211. The molecule has 0 bridgehead atoms. The molecule has 1 aliphatic carbocycles. The standard InChI is InChI=1S/C14H15NO3/c1-18-13(16)8-12-10-4-2-3-5-11(10)14(17)15(12)9-6-7-9/h2-5,9,12H,6-8H2,1H3. The number of hydrogen-bond acceptors (Lipinski definition) is 3. The van der Waals surface area contributed by atoms with Crippen molar-refractivity contribution in [3.05, 3.63) is 35.4 Å². The molecule has 1 amide bonds. The second kappa shape index (κ2) is 4.12. The van der Waals surface area contributed by atoms with E-state index >= 15 is 0 Å². The van der Waals surface area contributed by atoms with Gasteiger partial charge in [0.15, 0.2) is 0 Å². The molecule has 2 aliphatic rings. The Balaban J connectivity index is 1.97. The Bertz CT molecular complexity index is 508. The van der Waals surface area contributed by atoms with E-state index in [9.17, 15) is 9.59 Å². The fraction of sp³-hybridized carbons (Fsp3) is 0.429. The third kappa shape index (κ3) is 1.68. The van der Waals surface area contributed by atoms with Crippen molar-refractivity contribution in [3.63, 3.8) is 0 Å². The Morgan fingerprint density at radius 1 is 1.39 bits per heavy atom. The predicted molar refractivity (Wildman–Crippen MR) is 65.0 cm³/mol. The van der Waals surface area contributed by atoms with E-state index in [4.69, 9.17) is 4.74 Å². The molecule has 1 saturated carbocycles. The van der Waals surface area contributed by atoms with E-state index in [-0.39, 0.29) is 24.3 Å². The summed E-state index contributed by atoms with van der Waals surface area (Å²) in [5, 5.41) is 0. The van der Waals surface area contributed by atoms with Crippen molar-refractivity contribution in [2.24, 2.45) is 0 Å². The maximum Gasteiger partial charge on any atom is 0.307 e. The van der Waals surface area contributed by atoms with E-state index in [0.29, 0.717) is 6.04 Å². The zero-order valence-corrected chi connectivity index (χ0v) is 10.3. The summed E-state index contributed by atoms with van der Waals surface area (Å²) >= 11 is 0. The van der Waals surface area contributed by atoms with Crippen LogP contribution in [0, 0.1) is 0 Å². The number of hydrogen-bond donors (Lipinski definition) is 0. The molecule has 0 radical (unpaired) electrons. The van der Waals surface area contributed by atoms with Crippen LogP contribution in [0.3, 0.4) is 0 Å². The fourth-order valence-corrected chi connectivity index (χ4v) is 2.64. The molecule has 1 aliphatic heterocycles. The molecule has 1 aromatic carbocycles. The van der Waals surface area contributed by atoms with E-state index in [1.165, 1.54) is 7.11 Å². The zero-order valence-electron chi connectivity index (χ0n) is 10.3. The summed E-state index contributed by atoms with van der Waals surface area (Å²) in [5.41, 5.74) is 1.69. The van der Waals surface area contributed by atoms with Crippen molar-refractivity contribution < 1.29 is 14.3 Å². The minimum atomic E-state index is -0.268. The molecule has 0 saturated heterocycles. The monoisotopic (exact) mass is 245 g/mol. The number of nitrogens with zero attached hydrogens (tertiary/aromatic N) is 1. The Morgan fingerprint density at radius 2 is 2.11 bits per heavy atom. The predicted octanol–water partition coefficient (Wildman–Crippen LogP) is 1.91. The summed E-state index contributed by atoms with van der Waals surface area (Å²) in [6.45, 7) is 0. The van der Waals surface area contributed by atoms with Crippen molar-refractivity contribution in [2.75, 3.05) is 7.11 Å². The normalized spacial score (nSPS) is 21.9. The average molecular weight is 245 g/mol. The van der Waals surface area contributed by atoms with Crippen molar-refractivity contribution in [2.45, 2.75) is 31.3 Å². The molecule has 4 heteroatoms. The molecule has 1 heterocycles. The van der Waals surface area contributed by atoms with Crippen molar-refractivity contribution in [3.8, 4) is 0 Å². The Hall–Kier alpha value is -1.84. The second-order valence-electron chi connectivity index (χ2n) is 4.83. The molecular formula is C14H15NO3. The molecule has 0 N–H and O–H groups in total. The number of amides is 1. The molecule has 3 rings (SSSR count). The smallest absolute Gasteiger partial charge is 0.307 e. The van der Waals surface area contributed by atoms with E-state index in [0.717, 1.165) is 24.0 Å². The first-order chi connectivity index (χ1) is 8.72. The van der Waals surface area contributed by atoms with Crippen LogP contribution in [-0.2, 0) is 9.53 Å². The van der Waals surface area contributed by atoms with Gasteiger partial charge in [-0.05, 0) is 24.5 Å². The Morgan fingerprint density at radius 3 is 2.78 bits per heavy atom. The van der Waals surface area contributed by atoms with Crippen molar-refractivity contribution in [1.29, 1.82) is 0 Å². The number of esters is 1. The van der Waals surface area contributed by atoms with Gasteiger partial charge in [0.2, 0.25) is 0 Å². The molecule has 1 unspecified atom stereocenters. The summed E-state index contributed by atoms with van der Waals surface area (Å²) in [6, 6.07) is 7.70. The first kappa shape index (κ1) is 11.3. The van der Waals surface area contributed by atoms with E-state index < -0.39 is 0 Å². The fourth-order valence-electron chi connectivity index (χ4n) is 2.64. The van der Waals surface area contributed by atoms with Gasteiger partial charge in [0.25, 0.3) is 5.91 Å². The molecule has 0 spiro atoms. The lowest BCUT2D eigenvalue weighted by atomic mass is 10.0. The highest BCUT2D eigenvalue weighted by Crippen LogP contribution is 2.43. The van der Waals surface area contributed by atoms with Gasteiger partial charge in [0, 0.05) is 11.6 Å². The zero-order chi connectivity index (χ0) is 12.7. The highest BCUT2D eigenvalue weighted by molar-refractivity contribution is 6.00. The topological polar surface area (TPSA) is 46.6 Å². The van der Waals surface area contributed by atoms with Crippen LogP contribution in [0.15, 0.2) is 24.3 Å². The summed E-state index contributed by atoms with van der Waals surface area (Å²) < 4.78 is 4.73. The summed E-state index contributed by atoms with van der Waals surface area (Å²) in [4.78, 5) is 25.7. The van der Waals surface area contributed by atoms with Gasteiger partial charge < -0.3 is 9.64 Å². The van der Waals surface area contributed by atoms with Crippen LogP contribution in [0.2, 0.25) is 0 Å². The van der Waals surface area contributed by atoms with Gasteiger partial charge in [-0.25, -0.2) is 0 Å².